The van der Waals surface area contributed by atoms with E-state index in [9.17, 15) is 0 Å². The van der Waals surface area contributed by atoms with E-state index < -0.39 is 0 Å². The largest absolute Gasteiger partial charge is 0.310 e. The van der Waals surface area contributed by atoms with E-state index in [1.165, 1.54) is 52.8 Å². The molecule has 4 heteroatoms. The second-order valence-corrected chi connectivity index (χ2v) is 7.00. The number of fused-ring (bicyclic) bond motifs is 1. The minimum atomic E-state index is 0.747. The molecule has 1 saturated carbocycles. The number of rotatable bonds is 4. The summed E-state index contributed by atoms with van der Waals surface area (Å²) < 4.78 is 3.45. The third-order valence-electron chi connectivity index (χ3n) is 4.50. The molecule has 4 rings (SSSR count). The van der Waals surface area contributed by atoms with E-state index in [-0.39, 0.29) is 0 Å². The lowest BCUT2D eigenvalue weighted by molar-refractivity contribution is 0.655. The van der Waals surface area contributed by atoms with Crippen LogP contribution in [0.4, 0.5) is 0 Å². The van der Waals surface area contributed by atoms with Gasteiger partial charge < -0.3 is 9.88 Å². The molecule has 0 saturated heterocycles. The van der Waals surface area contributed by atoms with Crippen molar-refractivity contribution in [1.82, 2.24) is 14.9 Å². The molecule has 0 aliphatic heterocycles. The zero-order chi connectivity index (χ0) is 14.2. The average molecular weight is 346 g/mol. The molecule has 0 spiro atoms. The third-order valence-corrected chi connectivity index (χ3v) is 5.24. The molecule has 1 heterocycles. The Bertz CT molecular complexity index is 658. The maximum absolute atomic E-state index is 4.59. The van der Waals surface area contributed by atoms with E-state index >= 15 is 0 Å². The number of hydrogen-bond acceptors (Lipinski definition) is 2. The predicted octanol–water partition coefficient (Wildman–Crippen LogP) is 3.77. The molecule has 1 fully saturated rings. The van der Waals surface area contributed by atoms with Crippen LogP contribution in [0.5, 0.6) is 0 Å². The molecule has 2 aliphatic carbocycles. The van der Waals surface area contributed by atoms with Crippen molar-refractivity contribution >= 4 is 15.9 Å². The summed E-state index contributed by atoms with van der Waals surface area (Å²) in [6.45, 7) is 0.952. The van der Waals surface area contributed by atoms with E-state index in [0.717, 1.165) is 25.4 Å². The maximum Gasteiger partial charge on any atom is 0.0997 e. The molecule has 0 atom stereocenters. The first-order chi connectivity index (χ1) is 10.3. The number of nitrogens with one attached hydrogen (secondary N) is 1. The molecular formula is C17H20BrN3. The highest BCUT2D eigenvalue weighted by Crippen LogP contribution is 2.27. The van der Waals surface area contributed by atoms with Crippen LogP contribution in [-0.4, -0.2) is 15.6 Å². The van der Waals surface area contributed by atoms with Gasteiger partial charge in [-0.15, -0.1) is 0 Å². The number of aromatic nitrogens is 2. The molecule has 0 radical (unpaired) electrons. The van der Waals surface area contributed by atoms with Crippen LogP contribution in [-0.2, 0) is 19.4 Å². The normalized spacial score (nSPS) is 17.8. The quantitative estimate of drug-likeness (QED) is 0.913. The minimum Gasteiger partial charge on any atom is -0.310 e. The van der Waals surface area contributed by atoms with Crippen molar-refractivity contribution in [1.29, 1.82) is 0 Å². The number of hydrogen-bond donors (Lipinski definition) is 1. The van der Waals surface area contributed by atoms with Gasteiger partial charge in [-0.25, -0.2) is 4.98 Å². The Labute approximate surface area is 133 Å². The van der Waals surface area contributed by atoms with Crippen LogP contribution in [0, 0.1) is 0 Å². The number of benzene rings is 1. The van der Waals surface area contributed by atoms with Crippen LogP contribution >= 0.6 is 15.9 Å². The fourth-order valence-electron chi connectivity index (χ4n) is 3.06. The maximum atomic E-state index is 4.59. The van der Waals surface area contributed by atoms with Crippen LogP contribution < -0.4 is 5.32 Å². The summed E-state index contributed by atoms with van der Waals surface area (Å²) in [4.78, 5) is 4.59. The smallest absolute Gasteiger partial charge is 0.0997 e. The van der Waals surface area contributed by atoms with Gasteiger partial charge in [0, 0.05) is 28.4 Å². The lowest BCUT2D eigenvalue weighted by Gasteiger charge is -2.15. The first-order valence-corrected chi connectivity index (χ1v) is 8.68. The Balaban J connectivity index is 1.60. The monoisotopic (exact) mass is 345 g/mol. The van der Waals surface area contributed by atoms with Gasteiger partial charge in [-0.05, 0) is 56.2 Å². The van der Waals surface area contributed by atoms with Gasteiger partial charge in [-0.3, -0.25) is 0 Å². The Morgan fingerprint density at radius 1 is 1.24 bits per heavy atom. The van der Waals surface area contributed by atoms with Gasteiger partial charge in [-0.2, -0.15) is 0 Å². The molecule has 110 valence electrons. The topological polar surface area (TPSA) is 29.9 Å². The molecular weight excluding hydrogens is 326 g/mol. The van der Waals surface area contributed by atoms with Crippen molar-refractivity contribution in [3.8, 4) is 5.69 Å². The van der Waals surface area contributed by atoms with Crippen molar-refractivity contribution in [3.63, 3.8) is 0 Å². The molecule has 0 amide bonds. The number of nitrogens with zero attached hydrogens (tertiary/aromatic N) is 2. The summed E-state index contributed by atoms with van der Waals surface area (Å²) in [5.74, 6) is 0. The summed E-state index contributed by atoms with van der Waals surface area (Å²) in [5.41, 5.74) is 5.24. The molecule has 1 aromatic carbocycles. The van der Waals surface area contributed by atoms with Crippen molar-refractivity contribution < 1.29 is 0 Å². The van der Waals surface area contributed by atoms with Gasteiger partial charge in [0.05, 0.1) is 12.0 Å². The first-order valence-electron chi connectivity index (χ1n) is 7.88. The Hall–Kier alpha value is -1.13. The van der Waals surface area contributed by atoms with Gasteiger partial charge in [0.25, 0.3) is 0 Å². The number of aryl methyl sites for hydroxylation is 1. The molecule has 1 aromatic heterocycles. The van der Waals surface area contributed by atoms with E-state index in [1.807, 2.05) is 6.33 Å². The lowest BCUT2D eigenvalue weighted by atomic mass is 10.0. The van der Waals surface area contributed by atoms with Crippen LogP contribution in [0.15, 0.2) is 29.0 Å². The SMILES string of the molecule is Brc1cc(-n2cnc3c2CCCC3)ccc1CNC1CC1. The first kappa shape index (κ1) is 13.5. The predicted molar refractivity (Wildman–Crippen MR) is 87.8 cm³/mol. The van der Waals surface area contributed by atoms with Crippen molar-refractivity contribution in [3.05, 3.63) is 46.0 Å². The molecule has 0 unspecified atom stereocenters. The summed E-state index contributed by atoms with van der Waals surface area (Å²) in [5, 5.41) is 3.57. The molecule has 3 nitrogen and oxygen atoms in total. The van der Waals surface area contributed by atoms with Crippen LogP contribution in [0.1, 0.15) is 42.6 Å². The van der Waals surface area contributed by atoms with Crippen LogP contribution in [0.3, 0.4) is 0 Å². The third kappa shape index (κ3) is 2.79. The second-order valence-electron chi connectivity index (χ2n) is 6.15. The van der Waals surface area contributed by atoms with E-state index in [4.69, 9.17) is 0 Å². The van der Waals surface area contributed by atoms with Gasteiger partial charge in [-0.1, -0.05) is 22.0 Å². The fraction of sp³-hybridized carbons (Fsp3) is 0.471. The van der Waals surface area contributed by atoms with Crippen LogP contribution in [0.25, 0.3) is 5.69 Å². The van der Waals surface area contributed by atoms with E-state index in [2.05, 4.69) is 49.0 Å². The summed E-state index contributed by atoms with van der Waals surface area (Å²) in [6, 6.07) is 7.41. The molecule has 21 heavy (non-hydrogen) atoms. The fourth-order valence-corrected chi connectivity index (χ4v) is 3.57. The van der Waals surface area contributed by atoms with Gasteiger partial charge >= 0.3 is 0 Å². The van der Waals surface area contributed by atoms with E-state index in [1.54, 1.807) is 0 Å². The average Bonchev–Trinajstić information content (AvgIpc) is 3.23. The van der Waals surface area contributed by atoms with Gasteiger partial charge in [0.2, 0.25) is 0 Å². The summed E-state index contributed by atoms with van der Waals surface area (Å²) in [7, 11) is 0. The molecule has 2 aliphatic rings. The minimum absolute atomic E-state index is 0.747. The summed E-state index contributed by atoms with van der Waals surface area (Å²) in [6.07, 6.45) is 9.49. The zero-order valence-electron chi connectivity index (χ0n) is 12.1. The van der Waals surface area contributed by atoms with Crippen molar-refractivity contribution in [2.45, 2.75) is 51.1 Å². The van der Waals surface area contributed by atoms with E-state index in [0.29, 0.717) is 0 Å². The zero-order valence-corrected chi connectivity index (χ0v) is 13.7. The van der Waals surface area contributed by atoms with Crippen LogP contribution in [0.2, 0.25) is 0 Å². The Kier molecular flexibility index (Phi) is 3.59. The van der Waals surface area contributed by atoms with Gasteiger partial charge in [0.1, 0.15) is 0 Å². The summed E-state index contributed by atoms with van der Waals surface area (Å²) >= 11 is 3.73. The number of halogens is 1. The van der Waals surface area contributed by atoms with Gasteiger partial charge in [0.15, 0.2) is 0 Å². The Morgan fingerprint density at radius 3 is 2.90 bits per heavy atom. The second kappa shape index (κ2) is 5.58. The standard InChI is InChI=1S/C17H20BrN3/c18-15-9-14(8-5-12(15)10-19-13-6-7-13)21-11-20-16-3-1-2-4-17(16)21/h5,8-9,11,13,19H,1-4,6-7,10H2. The highest BCUT2D eigenvalue weighted by molar-refractivity contribution is 9.10. The highest BCUT2D eigenvalue weighted by Gasteiger charge is 2.20. The van der Waals surface area contributed by atoms with Crippen molar-refractivity contribution in [2.75, 3.05) is 0 Å². The van der Waals surface area contributed by atoms with Crippen molar-refractivity contribution in [2.24, 2.45) is 0 Å². The Morgan fingerprint density at radius 2 is 2.10 bits per heavy atom. The number of imidazole rings is 1. The molecule has 0 bridgehead atoms. The lowest BCUT2D eigenvalue weighted by Crippen LogP contribution is -2.15. The molecule has 2 aromatic rings. The molecule has 1 N–H and O–H groups in total. The highest BCUT2D eigenvalue weighted by atomic mass is 79.9.